The SMILES string of the molecule is COc1cccc(OC)c1-n1c(C(=O)NS(=O)(=O)Cc2ncccn2)nnc1-c1cccc(OC2CC2)n1. The molecule has 0 aliphatic heterocycles. The van der Waals surface area contributed by atoms with Crippen LogP contribution in [0.3, 0.4) is 0 Å². The summed E-state index contributed by atoms with van der Waals surface area (Å²) in [5.74, 6) is -0.769. The van der Waals surface area contributed by atoms with Crippen molar-refractivity contribution >= 4 is 15.9 Å². The van der Waals surface area contributed by atoms with Gasteiger partial charge in [-0.15, -0.1) is 10.2 Å². The Morgan fingerprint density at radius 2 is 1.68 bits per heavy atom. The molecule has 4 aromatic rings. The molecular formula is C24H23N7O6S. The molecule has 38 heavy (non-hydrogen) atoms. The van der Waals surface area contributed by atoms with E-state index >= 15 is 0 Å². The first-order valence-electron chi connectivity index (χ1n) is 11.5. The fraction of sp³-hybridized carbons (Fsp3) is 0.250. The van der Waals surface area contributed by atoms with Gasteiger partial charge in [0.25, 0.3) is 0 Å². The Morgan fingerprint density at radius 1 is 1.00 bits per heavy atom. The average molecular weight is 538 g/mol. The van der Waals surface area contributed by atoms with E-state index < -0.39 is 21.7 Å². The summed E-state index contributed by atoms with van der Waals surface area (Å²) < 4.78 is 45.8. The molecule has 0 unspecified atom stereocenters. The van der Waals surface area contributed by atoms with Crippen LogP contribution in [0, 0.1) is 0 Å². The minimum Gasteiger partial charge on any atom is -0.494 e. The first-order chi connectivity index (χ1) is 18.4. The van der Waals surface area contributed by atoms with Crippen LogP contribution in [0.15, 0.2) is 54.9 Å². The molecule has 14 heteroatoms. The lowest BCUT2D eigenvalue weighted by atomic mass is 10.2. The molecule has 1 aliphatic rings. The van der Waals surface area contributed by atoms with Gasteiger partial charge in [-0.2, -0.15) is 0 Å². The number of sulfonamides is 1. The summed E-state index contributed by atoms with van der Waals surface area (Å²) in [5.41, 5.74) is 0.616. The summed E-state index contributed by atoms with van der Waals surface area (Å²) in [6, 6.07) is 11.7. The average Bonchev–Trinajstić information content (AvgIpc) is 3.61. The third kappa shape index (κ3) is 5.39. The summed E-state index contributed by atoms with van der Waals surface area (Å²) >= 11 is 0. The Kier molecular flexibility index (Phi) is 6.87. The van der Waals surface area contributed by atoms with E-state index in [4.69, 9.17) is 14.2 Å². The fourth-order valence-corrected chi connectivity index (χ4v) is 4.56. The van der Waals surface area contributed by atoms with Crippen molar-refractivity contribution in [1.82, 2.24) is 34.4 Å². The number of aromatic nitrogens is 6. The van der Waals surface area contributed by atoms with Crippen molar-refractivity contribution in [2.45, 2.75) is 24.7 Å². The molecule has 0 atom stereocenters. The molecule has 1 amide bonds. The maximum Gasteiger partial charge on any atom is 0.303 e. The molecular weight excluding hydrogens is 514 g/mol. The number of amides is 1. The Balaban J connectivity index is 1.59. The van der Waals surface area contributed by atoms with Crippen LogP contribution in [-0.2, 0) is 15.8 Å². The number of nitrogens with one attached hydrogen (secondary N) is 1. The summed E-state index contributed by atoms with van der Waals surface area (Å²) in [7, 11) is -1.28. The van der Waals surface area contributed by atoms with Gasteiger partial charge in [0.15, 0.2) is 5.82 Å². The third-order valence-electron chi connectivity index (χ3n) is 5.44. The van der Waals surface area contributed by atoms with Gasteiger partial charge in [-0.25, -0.2) is 28.1 Å². The predicted molar refractivity (Wildman–Crippen MR) is 133 cm³/mol. The standard InChI is InChI=1S/C24H23N7O6S/c1-35-17-7-4-8-18(36-2)21(17)31-22(16-6-3-9-20(27-16)37-15-10-11-15)28-29-23(31)24(32)30-38(33,34)14-19-25-12-5-13-26-19/h3-9,12-13,15H,10-11,14H2,1-2H3,(H,30,32). The van der Waals surface area contributed by atoms with Crippen LogP contribution in [0.4, 0.5) is 0 Å². The molecule has 0 bridgehead atoms. The number of nitrogens with zero attached hydrogens (tertiary/aromatic N) is 6. The zero-order chi connectivity index (χ0) is 26.7. The highest BCUT2D eigenvalue weighted by molar-refractivity contribution is 7.89. The number of hydrogen-bond acceptors (Lipinski definition) is 11. The number of ether oxygens (including phenoxy) is 3. The first kappa shape index (κ1) is 25.1. The van der Waals surface area contributed by atoms with Gasteiger partial charge in [0.05, 0.1) is 14.2 Å². The van der Waals surface area contributed by atoms with Crippen molar-refractivity contribution in [2.24, 2.45) is 0 Å². The monoisotopic (exact) mass is 537 g/mol. The van der Waals surface area contributed by atoms with E-state index in [0.717, 1.165) is 12.8 Å². The number of pyridine rings is 1. The highest BCUT2D eigenvalue weighted by Crippen LogP contribution is 2.36. The Bertz CT molecular complexity index is 1550. The van der Waals surface area contributed by atoms with Gasteiger partial charge < -0.3 is 14.2 Å². The molecule has 1 aromatic carbocycles. The Labute approximate surface area is 217 Å². The van der Waals surface area contributed by atoms with E-state index in [1.54, 1.807) is 42.5 Å². The molecule has 1 saturated carbocycles. The van der Waals surface area contributed by atoms with E-state index in [0.29, 0.717) is 23.1 Å². The number of carbonyl (C=O) groups excluding carboxylic acids is 1. The lowest BCUT2D eigenvalue weighted by molar-refractivity contribution is 0.0969. The smallest absolute Gasteiger partial charge is 0.303 e. The molecule has 13 nitrogen and oxygen atoms in total. The Hall–Kier alpha value is -4.59. The molecule has 3 aromatic heterocycles. The van der Waals surface area contributed by atoms with Crippen molar-refractivity contribution in [1.29, 1.82) is 0 Å². The quantitative estimate of drug-likeness (QED) is 0.315. The summed E-state index contributed by atoms with van der Waals surface area (Å²) in [5, 5.41) is 8.22. The summed E-state index contributed by atoms with van der Waals surface area (Å²) in [6.07, 6.45) is 4.83. The number of hydrogen-bond donors (Lipinski definition) is 1. The minimum atomic E-state index is -4.18. The molecule has 1 aliphatic carbocycles. The number of para-hydroxylation sites is 1. The molecule has 1 N–H and O–H groups in total. The van der Waals surface area contributed by atoms with Crippen LogP contribution in [0.1, 0.15) is 29.3 Å². The highest BCUT2D eigenvalue weighted by atomic mass is 32.2. The lowest BCUT2D eigenvalue weighted by Crippen LogP contribution is -2.34. The van der Waals surface area contributed by atoms with Crippen LogP contribution < -0.4 is 18.9 Å². The largest absolute Gasteiger partial charge is 0.494 e. The van der Waals surface area contributed by atoms with Crippen molar-refractivity contribution < 1.29 is 27.4 Å². The van der Waals surface area contributed by atoms with Gasteiger partial charge in [-0.1, -0.05) is 12.1 Å². The van der Waals surface area contributed by atoms with Gasteiger partial charge in [0, 0.05) is 18.5 Å². The van der Waals surface area contributed by atoms with Gasteiger partial charge in [0.2, 0.25) is 21.7 Å². The molecule has 3 heterocycles. The van der Waals surface area contributed by atoms with E-state index in [1.165, 1.54) is 31.2 Å². The maximum atomic E-state index is 13.3. The third-order valence-corrected chi connectivity index (χ3v) is 6.58. The predicted octanol–water partition coefficient (Wildman–Crippen LogP) is 1.94. The summed E-state index contributed by atoms with van der Waals surface area (Å²) in [6.45, 7) is 0. The van der Waals surface area contributed by atoms with Gasteiger partial charge in [-0.3, -0.25) is 9.36 Å². The van der Waals surface area contributed by atoms with Gasteiger partial charge in [0.1, 0.15) is 40.6 Å². The highest BCUT2D eigenvalue weighted by Gasteiger charge is 2.30. The van der Waals surface area contributed by atoms with Crippen molar-refractivity contribution in [3.63, 3.8) is 0 Å². The number of benzene rings is 1. The maximum absolute atomic E-state index is 13.3. The zero-order valence-corrected chi connectivity index (χ0v) is 21.3. The number of methoxy groups -OCH3 is 2. The van der Waals surface area contributed by atoms with Crippen LogP contribution in [0.2, 0.25) is 0 Å². The van der Waals surface area contributed by atoms with E-state index in [9.17, 15) is 13.2 Å². The first-order valence-corrected chi connectivity index (χ1v) is 13.2. The molecule has 1 fully saturated rings. The second kappa shape index (κ2) is 10.4. The van der Waals surface area contributed by atoms with Crippen LogP contribution in [0.5, 0.6) is 17.4 Å². The van der Waals surface area contributed by atoms with Gasteiger partial charge >= 0.3 is 5.91 Å². The fourth-order valence-electron chi connectivity index (χ4n) is 3.62. The molecule has 0 radical (unpaired) electrons. The van der Waals surface area contributed by atoms with E-state index in [2.05, 4.69) is 25.1 Å². The normalized spacial score (nSPS) is 13.1. The zero-order valence-electron chi connectivity index (χ0n) is 20.4. The molecule has 196 valence electrons. The van der Waals surface area contributed by atoms with Crippen molar-refractivity contribution in [3.8, 4) is 34.6 Å². The minimum absolute atomic E-state index is 0.0260. The van der Waals surface area contributed by atoms with Crippen molar-refractivity contribution in [2.75, 3.05) is 14.2 Å². The van der Waals surface area contributed by atoms with Crippen LogP contribution in [-0.4, -0.2) is 64.4 Å². The molecule has 0 spiro atoms. The van der Waals surface area contributed by atoms with E-state index in [-0.39, 0.29) is 29.3 Å². The number of rotatable bonds is 10. The lowest BCUT2D eigenvalue weighted by Gasteiger charge is -2.17. The number of carbonyl (C=O) groups is 1. The second-order valence-electron chi connectivity index (χ2n) is 8.23. The molecule has 0 saturated heterocycles. The van der Waals surface area contributed by atoms with Crippen LogP contribution >= 0.6 is 0 Å². The second-order valence-corrected chi connectivity index (χ2v) is 9.95. The van der Waals surface area contributed by atoms with Gasteiger partial charge in [-0.05, 0) is 37.1 Å². The molecule has 5 rings (SSSR count). The van der Waals surface area contributed by atoms with E-state index in [1.807, 2.05) is 4.72 Å². The van der Waals surface area contributed by atoms with Crippen molar-refractivity contribution in [3.05, 3.63) is 66.5 Å². The topological polar surface area (TPSA) is 160 Å². The summed E-state index contributed by atoms with van der Waals surface area (Å²) in [4.78, 5) is 25.7. The van der Waals surface area contributed by atoms with Crippen LogP contribution in [0.25, 0.3) is 17.2 Å². The Morgan fingerprint density at radius 3 is 2.34 bits per heavy atom.